The van der Waals surface area contributed by atoms with Gasteiger partial charge in [-0.3, -0.25) is 14.3 Å². The van der Waals surface area contributed by atoms with Gasteiger partial charge >= 0.3 is 5.69 Å². The van der Waals surface area contributed by atoms with Crippen LogP contribution >= 0.6 is 0 Å². The molecule has 4 aromatic heterocycles. The molecule has 0 aliphatic carbocycles. The minimum atomic E-state index is -0.126. The second-order valence-corrected chi connectivity index (χ2v) is 9.23. The molecule has 0 amide bonds. The summed E-state index contributed by atoms with van der Waals surface area (Å²) >= 11 is 0. The van der Waals surface area contributed by atoms with E-state index in [0.29, 0.717) is 16.9 Å². The molecule has 1 N–H and O–H groups in total. The molecule has 1 fully saturated rings. The maximum atomic E-state index is 13.5. The van der Waals surface area contributed by atoms with Crippen molar-refractivity contribution in [2.75, 3.05) is 18.0 Å². The van der Waals surface area contributed by atoms with Gasteiger partial charge < -0.3 is 9.47 Å². The van der Waals surface area contributed by atoms with Crippen molar-refractivity contribution in [2.24, 2.45) is 0 Å². The molecule has 9 heteroatoms. The van der Waals surface area contributed by atoms with Crippen LogP contribution in [0.1, 0.15) is 48.3 Å². The number of nitrogens with zero attached hydrogens (tertiary/aromatic N) is 6. The third-order valence-corrected chi connectivity index (χ3v) is 7.03. The fraction of sp³-hybridized carbons (Fsp3) is 0.296. The van der Waals surface area contributed by atoms with E-state index in [4.69, 9.17) is 0 Å². The van der Waals surface area contributed by atoms with Gasteiger partial charge in [0.05, 0.1) is 5.52 Å². The summed E-state index contributed by atoms with van der Waals surface area (Å²) in [6.45, 7) is 4.43. The number of piperidine rings is 1. The fourth-order valence-corrected chi connectivity index (χ4v) is 5.31. The average molecular weight is 482 g/mol. The summed E-state index contributed by atoms with van der Waals surface area (Å²) in [7, 11) is 0. The van der Waals surface area contributed by atoms with Gasteiger partial charge in [-0.05, 0) is 37.5 Å². The number of nitrogens with one attached hydrogen (secondary N) is 1. The SMILES string of the molecule is CCCn1cc(C(=O)c2cc(N3CCC(n4c(=O)[nH]c5ncccc54)CC3)ncn2)c2ccccc21. The van der Waals surface area contributed by atoms with Crippen molar-refractivity contribution < 1.29 is 4.79 Å². The topological polar surface area (TPSA) is 102 Å². The van der Waals surface area contributed by atoms with E-state index < -0.39 is 0 Å². The lowest BCUT2D eigenvalue weighted by Crippen LogP contribution is -2.37. The first-order valence-corrected chi connectivity index (χ1v) is 12.4. The summed E-state index contributed by atoms with van der Waals surface area (Å²) in [5, 5.41) is 0.940. The number of ketones is 1. The van der Waals surface area contributed by atoms with Crippen molar-refractivity contribution in [3.8, 4) is 0 Å². The minimum Gasteiger partial charge on any atom is -0.356 e. The van der Waals surface area contributed by atoms with Crippen LogP contribution in [0.5, 0.6) is 0 Å². The number of carbonyl (C=O) groups excluding carboxylic acids is 1. The summed E-state index contributed by atoms with van der Waals surface area (Å²) in [6, 6.07) is 13.6. The monoisotopic (exact) mass is 481 g/mol. The number of benzene rings is 1. The molecule has 1 aliphatic heterocycles. The summed E-state index contributed by atoms with van der Waals surface area (Å²) in [5.74, 6) is 0.634. The molecule has 0 spiro atoms. The Morgan fingerprint density at radius 3 is 2.69 bits per heavy atom. The number of aryl methyl sites for hydroxylation is 1. The molecule has 5 aromatic rings. The van der Waals surface area contributed by atoms with Crippen LogP contribution in [0.15, 0.2) is 66.0 Å². The molecule has 0 saturated carbocycles. The predicted octanol–water partition coefficient (Wildman–Crippen LogP) is 3.95. The highest BCUT2D eigenvalue weighted by Gasteiger charge is 2.25. The van der Waals surface area contributed by atoms with Crippen molar-refractivity contribution in [3.63, 3.8) is 0 Å². The van der Waals surface area contributed by atoms with Gasteiger partial charge in [0.1, 0.15) is 17.8 Å². The summed E-state index contributed by atoms with van der Waals surface area (Å²) < 4.78 is 3.96. The number of para-hydroxylation sites is 1. The second-order valence-electron chi connectivity index (χ2n) is 9.23. The molecule has 1 aromatic carbocycles. The quantitative estimate of drug-likeness (QED) is 0.369. The maximum absolute atomic E-state index is 13.5. The van der Waals surface area contributed by atoms with Crippen LogP contribution in [0.3, 0.4) is 0 Å². The van der Waals surface area contributed by atoms with E-state index >= 15 is 0 Å². The molecular weight excluding hydrogens is 454 g/mol. The van der Waals surface area contributed by atoms with E-state index in [2.05, 4.69) is 36.3 Å². The predicted molar refractivity (Wildman–Crippen MR) is 139 cm³/mol. The largest absolute Gasteiger partial charge is 0.356 e. The number of pyridine rings is 1. The third kappa shape index (κ3) is 3.77. The van der Waals surface area contributed by atoms with E-state index in [-0.39, 0.29) is 17.5 Å². The lowest BCUT2D eigenvalue weighted by molar-refractivity contribution is 0.103. The van der Waals surface area contributed by atoms with Crippen LogP contribution in [0.4, 0.5) is 5.82 Å². The van der Waals surface area contributed by atoms with Gasteiger partial charge in [0.15, 0.2) is 5.65 Å². The average Bonchev–Trinajstić information content (AvgIpc) is 3.46. The number of carbonyl (C=O) groups is 1. The Hall–Kier alpha value is -4.27. The maximum Gasteiger partial charge on any atom is 0.327 e. The fourth-order valence-electron chi connectivity index (χ4n) is 5.31. The second kappa shape index (κ2) is 9.07. The number of anilines is 1. The standard InChI is InChI=1S/C27H27N7O2/c1-2-12-33-16-20(19-6-3-4-7-22(19)33)25(35)21-15-24(30-17-29-21)32-13-9-18(10-14-32)34-23-8-5-11-28-26(23)31-27(34)36/h3-8,11,15-18H,2,9-10,12-14H2,1H3,(H,28,31,36). The Bertz CT molecular complexity index is 1620. The lowest BCUT2D eigenvalue weighted by atomic mass is 10.0. The Morgan fingerprint density at radius 1 is 1.06 bits per heavy atom. The molecule has 1 saturated heterocycles. The van der Waals surface area contributed by atoms with E-state index in [1.54, 1.807) is 12.3 Å². The van der Waals surface area contributed by atoms with Gasteiger partial charge in [0.25, 0.3) is 0 Å². The van der Waals surface area contributed by atoms with E-state index in [0.717, 1.165) is 61.1 Å². The molecule has 36 heavy (non-hydrogen) atoms. The summed E-state index contributed by atoms with van der Waals surface area (Å²) in [5.41, 5.74) is 3.43. The Balaban J connectivity index is 1.24. The first kappa shape index (κ1) is 22.2. The minimum absolute atomic E-state index is 0.0827. The molecule has 6 rings (SSSR count). The molecule has 0 bridgehead atoms. The highest BCUT2D eigenvalue weighted by atomic mass is 16.1. The van der Waals surface area contributed by atoms with E-state index in [1.807, 2.05) is 47.2 Å². The van der Waals surface area contributed by atoms with Crippen molar-refractivity contribution in [1.29, 1.82) is 0 Å². The van der Waals surface area contributed by atoms with Crippen LogP contribution in [-0.4, -0.2) is 47.9 Å². The number of imidazole rings is 1. The molecule has 0 atom stereocenters. The number of hydrogen-bond acceptors (Lipinski definition) is 6. The first-order chi connectivity index (χ1) is 17.6. The van der Waals surface area contributed by atoms with Gasteiger partial charge in [-0.25, -0.2) is 19.7 Å². The van der Waals surface area contributed by atoms with Crippen molar-refractivity contribution in [2.45, 2.75) is 38.8 Å². The molecule has 5 heterocycles. The third-order valence-electron chi connectivity index (χ3n) is 7.03. The Kier molecular flexibility index (Phi) is 5.59. The van der Waals surface area contributed by atoms with Gasteiger partial charge in [0, 0.05) is 60.6 Å². The molecule has 0 unspecified atom stereocenters. The van der Waals surface area contributed by atoms with Crippen molar-refractivity contribution in [3.05, 3.63) is 82.9 Å². The number of hydrogen-bond donors (Lipinski definition) is 1. The highest BCUT2D eigenvalue weighted by molar-refractivity contribution is 6.15. The van der Waals surface area contributed by atoms with Crippen LogP contribution in [0, 0.1) is 0 Å². The Morgan fingerprint density at radius 2 is 1.86 bits per heavy atom. The van der Waals surface area contributed by atoms with Crippen LogP contribution in [0.2, 0.25) is 0 Å². The Labute approximate surface area is 207 Å². The van der Waals surface area contributed by atoms with Gasteiger partial charge in [0.2, 0.25) is 5.78 Å². The molecule has 182 valence electrons. The molecule has 1 aliphatic rings. The number of H-pyrrole nitrogens is 1. The molecular formula is C27H27N7O2. The number of aromatic nitrogens is 6. The van der Waals surface area contributed by atoms with Crippen LogP contribution in [-0.2, 0) is 6.54 Å². The molecule has 9 nitrogen and oxygen atoms in total. The number of aromatic amines is 1. The normalized spacial score (nSPS) is 14.6. The zero-order chi connectivity index (χ0) is 24.6. The van der Waals surface area contributed by atoms with E-state index in [1.165, 1.54) is 6.33 Å². The first-order valence-electron chi connectivity index (χ1n) is 12.4. The highest BCUT2D eigenvalue weighted by Crippen LogP contribution is 2.28. The smallest absolute Gasteiger partial charge is 0.327 e. The summed E-state index contributed by atoms with van der Waals surface area (Å²) in [6.07, 6.45) is 7.66. The van der Waals surface area contributed by atoms with E-state index in [9.17, 15) is 9.59 Å². The zero-order valence-electron chi connectivity index (χ0n) is 20.1. The van der Waals surface area contributed by atoms with Gasteiger partial charge in [-0.1, -0.05) is 25.1 Å². The number of rotatable bonds is 6. The molecule has 0 radical (unpaired) electrons. The van der Waals surface area contributed by atoms with Crippen molar-refractivity contribution in [1.82, 2.24) is 29.1 Å². The van der Waals surface area contributed by atoms with Crippen LogP contribution in [0.25, 0.3) is 22.1 Å². The van der Waals surface area contributed by atoms with Crippen molar-refractivity contribution >= 4 is 33.7 Å². The summed E-state index contributed by atoms with van der Waals surface area (Å²) in [4.78, 5) is 44.1. The van der Waals surface area contributed by atoms with Crippen LogP contribution < -0.4 is 10.6 Å². The zero-order valence-corrected chi connectivity index (χ0v) is 20.1. The number of fused-ring (bicyclic) bond motifs is 2. The van der Waals surface area contributed by atoms with Gasteiger partial charge in [-0.15, -0.1) is 0 Å². The van der Waals surface area contributed by atoms with Gasteiger partial charge in [-0.2, -0.15) is 0 Å². The lowest BCUT2D eigenvalue weighted by Gasteiger charge is -2.33.